The maximum absolute atomic E-state index is 12.9. The Morgan fingerprint density at radius 1 is 0.909 bits per heavy atom. The number of fused-ring (bicyclic) bond motifs is 7. The van der Waals surface area contributed by atoms with E-state index in [1.165, 1.54) is 5.57 Å². The highest BCUT2D eigenvalue weighted by Gasteiger charge is 2.70. The van der Waals surface area contributed by atoms with Gasteiger partial charge in [0.2, 0.25) is 0 Å². The largest absolute Gasteiger partial charge is 0.481 e. The van der Waals surface area contributed by atoms with Gasteiger partial charge in [0.25, 0.3) is 0 Å². The highest BCUT2D eigenvalue weighted by Crippen LogP contribution is 2.76. The lowest BCUT2D eigenvalue weighted by molar-refractivity contribution is -0.328. The van der Waals surface area contributed by atoms with Crippen LogP contribution in [0.5, 0.6) is 0 Å². The van der Waals surface area contributed by atoms with Crippen molar-refractivity contribution in [3.05, 3.63) is 11.6 Å². The molecule has 4 saturated carbocycles. The summed E-state index contributed by atoms with van der Waals surface area (Å²) in [4.78, 5) is 12.9. The first-order valence-electron chi connectivity index (χ1n) is 17.3. The number of carbonyl (C=O) groups is 1. The van der Waals surface area contributed by atoms with Crippen LogP contribution in [0.25, 0.3) is 0 Å². The number of aliphatic hydroxyl groups excluding tert-OH is 4. The number of carboxylic acid groups (broad SMARTS) is 1. The van der Waals surface area contributed by atoms with Crippen molar-refractivity contribution in [2.75, 3.05) is 6.61 Å². The monoisotopic (exact) mass is 618 g/mol. The van der Waals surface area contributed by atoms with Crippen LogP contribution in [0.1, 0.15) is 113 Å². The molecular weight excluding hydrogens is 560 g/mol. The highest BCUT2D eigenvalue weighted by atomic mass is 16.7. The number of ether oxygens (including phenoxy) is 2. The number of allylic oxidation sites excluding steroid dienone is 2. The predicted molar refractivity (Wildman–Crippen MR) is 165 cm³/mol. The van der Waals surface area contributed by atoms with E-state index in [9.17, 15) is 30.3 Å². The van der Waals surface area contributed by atoms with Crippen LogP contribution >= 0.6 is 0 Å². The van der Waals surface area contributed by atoms with Gasteiger partial charge in [-0.15, -0.1) is 0 Å². The summed E-state index contributed by atoms with van der Waals surface area (Å²) in [7, 11) is 0. The minimum absolute atomic E-state index is 0.0109. The van der Waals surface area contributed by atoms with Gasteiger partial charge in [-0.1, -0.05) is 53.2 Å². The molecule has 0 bridgehead atoms. The van der Waals surface area contributed by atoms with E-state index in [-0.39, 0.29) is 46.2 Å². The Kier molecular flexibility index (Phi) is 7.84. The van der Waals surface area contributed by atoms with Crippen molar-refractivity contribution in [1.82, 2.24) is 0 Å². The maximum atomic E-state index is 12.9. The molecule has 0 aromatic carbocycles. The van der Waals surface area contributed by atoms with Crippen molar-refractivity contribution < 1.29 is 39.8 Å². The quantitative estimate of drug-likeness (QED) is 0.218. The zero-order valence-corrected chi connectivity index (χ0v) is 28.0. The van der Waals surface area contributed by atoms with Gasteiger partial charge in [-0.3, -0.25) is 4.79 Å². The van der Waals surface area contributed by atoms with Crippen LogP contribution in [0.15, 0.2) is 11.6 Å². The zero-order chi connectivity index (χ0) is 32.3. The first-order chi connectivity index (χ1) is 20.4. The molecule has 44 heavy (non-hydrogen) atoms. The van der Waals surface area contributed by atoms with Crippen molar-refractivity contribution in [3.63, 3.8) is 0 Å². The Hall–Kier alpha value is -1.03. The van der Waals surface area contributed by atoms with E-state index in [0.29, 0.717) is 12.3 Å². The van der Waals surface area contributed by atoms with E-state index in [2.05, 4.69) is 47.6 Å². The third-order valence-corrected chi connectivity index (χ3v) is 15.3. The molecule has 1 saturated heterocycles. The summed E-state index contributed by atoms with van der Waals surface area (Å²) < 4.78 is 12.3. The smallest absolute Gasteiger partial charge is 0.310 e. The van der Waals surface area contributed by atoms with Crippen LogP contribution in [-0.2, 0) is 14.3 Å². The van der Waals surface area contributed by atoms with Crippen molar-refractivity contribution >= 4 is 5.97 Å². The van der Waals surface area contributed by atoms with E-state index in [1.54, 1.807) is 6.92 Å². The summed E-state index contributed by atoms with van der Waals surface area (Å²) in [5, 5.41) is 53.0. The number of carboxylic acids is 1. The summed E-state index contributed by atoms with van der Waals surface area (Å²) in [6.07, 6.45) is 5.22. The third-order valence-electron chi connectivity index (χ3n) is 15.3. The van der Waals surface area contributed by atoms with Gasteiger partial charge in [-0.2, -0.15) is 0 Å². The van der Waals surface area contributed by atoms with Crippen molar-refractivity contribution in [1.29, 1.82) is 0 Å². The summed E-state index contributed by atoms with van der Waals surface area (Å²) >= 11 is 0. The Morgan fingerprint density at radius 3 is 2.25 bits per heavy atom. The molecule has 8 nitrogen and oxygen atoms in total. The van der Waals surface area contributed by atoms with Crippen LogP contribution in [0.2, 0.25) is 0 Å². The molecule has 8 heteroatoms. The fraction of sp³-hybridized carbons (Fsp3) is 0.917. The van der Waals surface area contributed by atoms with Crippen LogP contribution in [0.3, 0.4) is 0 Å². The van der Waals surface area contributed by atoms with Crippen molar-refractivity contribution in [3.8, 4) is 0 Å². The standard InChI is InChI=1S/C36H58O8/c1-20-26(38)27(39)28(40)29(43-20)44-25-11-12-32(4)23(33(25,5)19-37)10-13-35(7)24(32)9-8-21-22-18-31(2,3)14-16-36(22,30(41)42)17-15-34(21,35)6/h8,20,22-29,37-40H,9-19H2,1-7H3,(H,41,42)/t20-,22-,23-,24-,25+,26-,27-,28+,29-,32-,33-,34+,35+,36-/m0/s1. The van der Waals surface area contributed by atoms with E-state index in [0.717, 1.165) is 57.8 Å². The zero-order valence-electron chi connectivity index (χ0n) is 28.0. The molecule has 6 rings (SSSR count). The Labute approximate surface area is 263 Å². The van der Waals surface area contributed by atoms with Crippen LogP contribution < -0.4 is 0 Å². The molecule has 0 unspecified atom stereocenters. The predicted octanol–water partition coefficient (Wildman–Crippen LogP) is 5.06. The van der Waals surface area contributed by atoms with E-state index in [4.69, 9.17) is 9.47 Å². The van der Waals surface area contributed by atoms with E-state index >= 15 is 0 Å². The van der Waals surface area contributed by atoms with Crippen molar-refractivity contribution in [2.24, 2.45) is 50.2 Å². The van der Waals surface area contributed by atoms with Gasteiger partial charge in [-0.05, 0) is 111 Å². The van der Waals surface area contributed by atoms with Crippen LogP contribution in [0, 0.1) is 50.2 Å². The van der Waals surface area contributed by atoms with Gasteiger partial charge >= 0.3 is 5.97 Å². The number of hydrogen-bond donors (Lipinski definition) is 5. The highest BCUT2D eigenvalue weighted by molar-refractivity contribution is 5.76. The van der Waals surface area contributed by atoms with Gasteiger partial charge in [0.1, 0.15) is 18.3 Å². The van der Waals surface area contributed by atoms with Crippen LogP contribution in [-0.4, -0.2) is 74.9 Å². The number of aliphatic carboxylic acids is 1. The molecule has 1 aliphatic heterocycles. The second-order valence-electron chi connectivity index (χ2n) is 17.7. The molecule has 6 aliphatic rings. The molecule has 0 spiro atoms. The molecule has 14 atom stereocenters. The Bertz CT molecular complexity index is 1180. The van der Waals surface area contributed by atoms with Gasteiger partial charge in [0.15, 0.2) is 6.29 Å². The Balaban J connectivity index is 1.32. The van der Waals surface area contributed by atoms with Crippen molar-refractivity contribution in [2.45, 2.75) is 149 Å². The first kappa shape index (κ1) is 32.9. The lowest BCUT2D eigenvalue weighted by Gasteiger charge is -2.71. The maximum Gasteiger partial charge on any atom is 0.310 e. The second-order valence-corrected chi connectivity index (χ2v) is 17.7. The molecular formula is C36H58O8. The fourth-order valence-electron chi connectivity index (χ4n) is 12.1. The Morgan fingerprint density at radius 2 is 1.59 bits per heavy atom. The summed E-state index contributed by atoms with van der Waals surface area (Å²) in [6.45, 7) is 15.7. The van der Waals surface area contributed by atoms with Crippen LogP contribution in [0.4, 0.5) is 0 Å². The minimum atomic E-state index is -1.37. The van der Waals surface area contributed by atoms with Gasteiger partial charge in [0, 0.05) is 5.41 Å². The molecule has 0 radical (unpaired) electrons. The summed E-state index contributed by atoms with van der Waals surface area (Å²) in [5.74, 6) is 0.0383. The molecule has 250 valence electrons. The molecule has 0 aromatic heterocycles. The minimum Gasteiger partial charge on any atom is -0.481 e. The lowest BCUT2D eigenvalue weighted by Crippen LogP contribution is -2.67. The molecule has 5 N–H and O–H groups in total. The molecule has 1 heterocycles. The molecule has 5 fully saturated rings. The number of aliphatic hydroxyl groups is 4. The SMILES string of the molecule is C[C@@H]1O[C@@H](O[C@@H]2CC[C@@]3(C)[C@H](CC[C@]4(C)[C@H]3CC=C3[C@@H]5CC(C)(C)CC[C@]5(C(=O)O)CC[C@]34C)[C@]2(C)CO)[C@H](O)[C@@H](O)[C@H]1O. The second kappa shape index (κ2) is 10.5. The average Bonchev–Trinajstić information content (AvgIpc) is 2.96. The summed E-state index contributed by atoms with van der Waals surface area (Å²) in [5.41, 5.74) is 0.201. The molecule has 0 amide bonds. The normalized spacial score (nSPS) is 55.1. The molecule has 0 aromatic rings. The lowest BCUT2D eigenvalue weighted by atomic mass is 9.33. The number of hydrogen-bond acceptors (Lipinski definition) is 7. The third kappa shape index (κ3) is 4.33. The van der Waals surface area contributed by atoms with Gasteiger partial charge in [0.05, 0.1) is 24.2 Å². The van der Waals surface area contributed by atoms with E-state index in [1.807, 2.05) is 0 Å². The first-order valence-corrected chi connectivity index (χ1v) is 17.3. The van der Waals surface area contributed by atoms with Gasteiger partial charge in [-0.25, -0.2) is 0 Å². The van der Waals surface area contributed by atoms with Gasteiger partial charge < -0.3 is 35.0 Å². The van der Waals surface area contributed by atoms with E-state index < -0.39 is 47.5 Å². The molecule has 5 aliphatic carbocycles. The number of rotatable bonds is 4. The topological polar surface area (TPSA) is 137 Å². The fourth-order valence-corrected chi connectivity index (χ4v) is 12.1. The average molecular weight is 619 g/mol. The summed E-state index contributed by atoms with van der Waals surface area (Å²) in [6, 6.07) is 0.